The van der Waals surface area contributed by atoms with Gasteiger partial charge in [-0.15, -0.1) is 0 Å². The second-order valence-corrected chi connectivity index (χ2v) is 4.35. The molecule has 5 heteroatoms. The molecular formula is C12H15F2NO2. The summed E-state index contributed by atoms with van der Waals surface area (Å²) in [5.74, 6) is -4.25. The smallest absolute Gasteiger partial charge is 0.323 e. The molecule has 0 aromatic heterocycles. The van der Waals surface area contributed by atoms with Gasteiger partial charge in [0.25, 0.3) is 5.92 Å². The fraction of sp³-hybridized carbons (Fsp3) is 0.417. The molecule has 0 aliphatic carbocycles. The molecule has 1 aromatic rings. The number of hydrogen-bond acceptors (Lipinski definition) is 2. The van der Waals surface area contributed by atoms with Crippen LogP contribution >= 0.6 is 0 Å². The SMILES string of the molecule is CC(C)(NCC(F)(F)c1ccccc1)C(=O)O. The minimum absolute atomic E-state index is 0.131. The fourth-order valence-corrected chi connectivity index (χ4v) is 1.19. The number of carboxylic acids is 1. The van der Waals surface area contributed by atoms with Gasteiger partial charge >= 0.3 is 5.97 Å². The van der Waals surface area contributed by atoms with Gasteiger partial charge in [0.05, 0.1) is 6.54 Å². The number of nitrogens with one attached hydrogen (secondary N) is 1. The van der Waals surface area contributed by atoms with Gasteiger partial charge in [-0.25, -0.2) is 0 Å². The number of halogens is 2. The Balaban J connectivity index is 2.72. The van der Waals surface area contributed by atoms with Crippen molar-refractivity contribution in [2.45, 2.75) is 25.3 Å². The molecule has 1 aromatic carbocycles. The van der Waals surface area contributed by atoms with E-state index < -0.39 is 24.0 Å². The van der Waals surface area contributed by atoms with Crippen molar-refractivity contribution in [2.75, 3.05) is 6.54 Å². The average molecular weight is 243 g/mol. The van der Waals surface area contributed by atoms with E-state index >= 15 is 0 Å². The number of hydrogen-bond donors (Lipinski definition) is 2. The van der Waals surface area contributed by atoms with Gasteiger partial charge in [0.15, 0.2) is 0 Å². The molecule has 17 heavy (non-hydrogen) atoms. The van der Waals surface area contributed by atoms with Crippen molar-refractivity contribution in [3.8, 4) is 0 Å². The van der Waals surface area contributed by atoms with Gasteiger partial charge < -0.3 is 5.11 Å². The molecule has 0 saturated heterocycles. The Bertz CT molecular complexity index is 391. The van der Waals surface area contributed by atoms with Crippen LogP contribution in [-0.4, -0.2) is 23.2 Å². The van der Waals surface area contributed by atoms with Crippen LogP contribution in [0.15, 0.2) is 30.3 Å². The van der Waals surface area contributed by atoms with E-state index in [0.29, 0.717) is 0 Å². The molecule has 0 aliphatic heterocycles. The molecule has 0 radical (unpaired) electrons. The summed E-state index contributed by atoms with van der Waals surface area (Å²) in [6.45, 7) is 1.98. The zero-order valence-corrected chi connectivity index (χ0v) is 9.71. The lowest BCUT2D eigenvalue weighted by atomic mass is 10.0. The van der Waals surface area contributed by atoms with Crippen molar-refractivity contribution in [3.63, 3.8) is 0 Å². The first-order chi connectivity index (χ1) is 7.76. The van der Waals surface area contributed by atoms with Crippen LogP contribution in [0.5, 0.6) is 0 Å². The van der Waals surface area contributed by atoms with Crippen LogP contribution in [0.3, 0.4) is 0 Å². The van der Waals surface area contributed by atoms with Gasteiger partial charge in [-0.05, 0) is 13.8 Å². The zero-order valence-electron chi connectivity index (χ0n) is 9.71. The molecule has 0 fully saturated rings. The maximum atomic E-state index is 13.7. The highest BCUT2D eigenvalue weighted by Gasteiger charge is 2.35. The molecule has 0 amide bonds. The molecule has 0 saturated carbocycles. The number of rotatable bonds is 5. The molecule has 0 atom stereocenters. The lowest BCUT2D eigenvalue weighted by Gasteiger charge is -2.25. The van der Waals surface area contributed by atoms with Crippen LogP contribution in [0.25, 0.3) is 0 Å². The maximum Gasteiger partial charge on any atom is 0.323 e. The summed E-state index contributed by atoms with van der Waals surface area (Å²) in [7, 11) is 0. The normalized spacial score (nSPS) is 12.5. The second-order valence-electron chi connectivity index (χ2n) is 4.35. The van der Waals surface area contributed by atoms with Crippen molar-refractivity contribution < 1.29 is 18.7 Å². The minimum Gasteiger partial charge on any atom is -0.480 e. The van der Waals surface area contributed by atoms with Crippen LogP contribution in [0.2, 0.25) is 0 Å². The topological polar surface area (TPSA) is 49.3 Å². The van der Waals surface area contributed by atoms with E-state index in [9.17, 15) is 13.6 Å². The van der Waals surface area contributed by atoms with E-state index in [2.05, 4.69) is 5.32 Å². The first-order valence-corrected chi connectivity index (χ1v) is 5.17. The summed E-state index contributed by atoms with van der Waals surface area (Å²) in [6.07, 6.45) is 0. The molecule has 1 rings (SSSR count). The Hall–Kier alpha value is -1.49. The molecule has 0 aliphatic rings. The van der Waals surface area contributed by atoms with E-state index in [4.69, 9.17) is 5.11 Å². The van der Waals surface area contributed by atoms with Gasteiger partial charge in [-0.1, -0.05) is 30.3 Å². The first-order valence-electron chi connectivity index (χ1n) is 5.17. The standard InChI is InChI=1S/C12H15F2NO2/c1-11(2,10(16)17)15-8-12(13,14)9-6-4-3-5-7-9/h3-7,15H,8H2,1-2H3,(H,16,17). The Morgan fingerprint density at radius 1 is 1.29 bits per heavy atom. The molecule has 0 heterocycles. The maximum absolute atomic E-state index is 13.7. The summed E-state index contributed by atoms with van der Waals surface area (Å²) in [5.41, 5.74) is -1.51. The Labute approximate surface area is 98.5 Å². The highest BCUT2D eigenvalue weighted by atomic mass is 19.3. The van der Waals surface area contributed by atoms with Crippen LogP contribution in [0, 0.1) is 0 Å². The zero-order chi connectivity index (χ0) is 13.1. The molecule has 94 valence electrons. The third-order valence-electron chi connectivity index (χ3n) is 2.48. The van der Waals surface area contributed by atoms with E-state index in [0.717, 1.165) is 0 Å². The van der Waals surface area contributed by atoms with Crippen LogP contribution in [0.1, 0.15) is 19.4 Å². The van der Waals surface area contributed by atoms with Gasteiger partial charge in [0.2, 0.25) is 0 Å². The number of alkyl halides is 2. The number of carbonyl (C=O) groups is 1. The predicted octanol–water partition coefficient (Wildman–Crippen LogP) is 2.23. The number of aliphatic carboxylic acids is 1. The third-order valence-corrected chi connectivity index (χ3v) is 2.48. The largest absolute Gasteiger partial charge is 0.480 e. The summed E-state index contributed by atoms with van der Waals surface area (Å²) in [6, 6.07) is 7.32. The van der Waals surface area contributed by atoms with E-state index in [1.807, 2.05) is 0 Å². The molecule has 0 unspecified atom stereocenters. The van der Waals surface area contributed by atoms with Crippen molar-refractivity contribution in [3.05, 3.63) is 35.9 Å². The Morgan fingerprint density at radius 2 is 1.82 bits per heavy atom. The number of carboxylic acid groups (broad SMARTS) is 1. The predicted molar refractivity (Wildman–Crippen MR) is 60.1 cm³/mol. The summed E-state index contributed by atoms with van der Waals surface area (Å²) in [5, 5.41) is 11.1. The van der Waals surface area contributed by atoms with Gasteiger partial charge in [-0.2, -0.15) is 8.78 Å². The van der Waals surface area contributed by atoms with Crippen LogP contribution < -0.4 is 5.32 Å². The summed E-state index contributed by atoms with van der Waals surface area (Å²) in [4.78, 5) is 10.8. The third kappa shape index (κ3) is 3.49. The van der Waals surface area contributed by atoms with Crippen molar-refractivity contribution in [2.24, 2.45) is 0 Å². The molecule has 0 spiro atoms. The van der Waals surface area contributed by atoms with Crippen molar-refractivity contribution in [1.29, 1.82) is 0 Å². The van der Waals surface area contributed by atoms with E-state index in [1.54, 1.807) is 6.07 Å². The van der Waals surface area contributed by atoms with Gasteiger partial charge in [0.1, 0.15) is 5.54 Å². The minimum atomic E-state index is -3.09. The molecule has 3 nitrogen and oxygen atoms in total. The lowest BCUT2D eigenvalue weighted by molar-refractivity contribution is -0.144. The number of benzene rings is 1. The highest BCUT2D eigenvalue weighted by molar-refractivity contribution is 5.77. The van der Waals surface area contributed by atoms with Gasteiger partial charge in [-0.3, -0.25) is 10.1 Å². The quantitative estimate of drug-likeness (QED) is 0.833. The monoisotopic (exact) mass is 243 g/mol. The van der Waals surface area contributed by atoms with E-state index in [-0.39, 0.29) is 5.56 Å². The van der Waals surface area contributed by atoms with E-state index in [1.165, 1.54) is 38.1 Å². The van der Waals surface area contributed by atoms with Crippen LogP contribution in [-0.2, 0) is 10.7 Å². The molecule has 2 N–H and O–H groups in total. The molecular weight excluding hydrogens is 228 g/mol. The Kier molecular flexibility index (Phi) is 3.83. The average Bonchev–Trinajstić information content (AvgIpc) is 2.28. The lowest BCUT2D eigenvalue weighted by Crippen LogP contribution is -2.50. The highest BCUT2D eigenvalue weighted by Crippen LogP contribution is 2.27. The van der Waals surface area contributed by atoms with Crippen molar-refractivity contribution >= 4 is 5.97 Å². The Morgan fingerprint density at radius 3 is 2.29 bits per heavy atom. The second kappa shape index (κ2) is 4.79. The van der Waals surface area contributed by atoms with Crippen LogP contribution in [0.4, 0.5) is 8.78 Å². The summed E-state index contributed by atoms with van der Waals surface area (Å²) >= 11 is 0. The fourth-order valence-electron chi connectivity index (χ4n) is 1.19. The summed E-state index contributed by atoms with van der Waals surface area (Å²) < 4.78 is 27.4. The first kappa shape index (κ1) is 13.6. The van der Waals surface area contributed by atoms with Crippen molar-refractivity contribution in [1.82, 2.24) is 5.32 Å². The molecule has 0 bridgehead atoms. The van der Waals surface area contributed by atoms with Gasteiger partial charge in [0, 0.05) is 5.56 Å².